The number of nitrogens with one attached hydrogen (secondary N) is 3. The third kappa shape index (κ3) is 3.85. The fraction of sp³-hybridized carbons (Fsp3) is 0.500. The van der Waals surface area contributed by atoms with Crippen molar-refractivity contribution in [2.24, 2.45) is 5.92 Å². The van der Waals surface area contributed by atoms with Crippen LogP contribution in [0.25, 0.3) is 0 Å². The van der Waals surface area contributed by atoms with Gasteiger partial charge in [0.05, 0.1) is 5.54 Å². The number of phenols is 1. The van der Waals surface area contributed by atoms with E-state index in [1.807, 2.05) is 6.07 Å². The van der Waals surface area contributed by atoms with E-state index in [4.69, 9.17) is 4.74 Å². The van der Waals surface area contributed by atoms with Crippen molar-refractivity contribution in [1.29, 1.82) is 0 Å². The SMILES string of the molecule is O=C1CCc2c(Oc3ccc(O)c([C@@H]4[C@@H]5C[C@@]45NC(=O)NC4CCCCCC4)c3)ccnc2N1. The van der Waals surface area contributed by atoms with Gasteiger partial charge in [0.1, 0.15) is 23.1 Å². The molecule has 8 nitrogen and oxygen atoms in total. The highest BCUT2D eigenvalue weighted by Crippen LogP contribution is 2.77. The number of benzene rings is 1. The monoisotopic (exact) mass is 462 g/mol. The van der Waals surface area contributed by atoms with Gasteiger partial charge in [-0.15, -0.1) is 0 Å². The quantitative estimate of drug-likeness (QED) is 0.494. The molecule has 178 valence electrons. The molecule has 0 saturated heterocycles. The number of carbonyl (C=O) groups excluding carboxylic acids is 2. The molecule has 1 aromatic heterocycles. The smallest absolute Gasteiger partial charge is 0.315 e. The summed E-state index contributed by atoms with van der Waals surface area (Å²) >= 11 is 0. The Bertz CT molecular complexity index is 1140. The number of aromatic nitrogens is 1. The highest BCUT2D eigenvalue weighted by atomic mass is 16.5. The molecule has 3 saturated carbocycles. The van der Waals surface area contributed by atoms with Crippen LogP contribution in [0.5, 0.6) is 17.2 Å². The number of pyridine rings is 1. The van der Waals surface area contributed by atoms with Crippen LogP contribution in [0.2, 0.25) is 0 Å². The van der Waals surface area contributed by atoms with E-state index in [-0.39, 0.29) is 35.2 Å². The fourth-order valence-electron chi connectivity index (χ4n) is 5.80. The number of fused-ring (bicyclic) bond motifs is 2. The Hall–Kier alpha value is -3.29. The van der Waals surface area contributed by atoms with Crippen molar-refractivity contribution in [3.8, 4) is 17.2 Å². The zero-order valence-electron chi connectivity index (χ0n) is 19.1. The van der Waals surface area contributed by atoms with Crippen molar-refractivity contribution in [1.82, 2.24) is 15.6 Å². The van der Waals surface area contributed by atoms with Crippen LogP contribution in [0.15, 0.2) is 30.5 Å². The number of carbonyl (C=O) groups is 2. The number of ether oxygens (including phenoxy) is 1. The highest BCUT2D eigenvalue weighted by molar-refractivity contribution is 5.93. The first kappa shape index (κ1) is 21.3. The number of amides is 3. The van der Waals surface area contributed by atoms with Gasteiger partial charge in [0.25, 0.3) is 0 Å². The summed E-state index contributed by atoms with van der Waals surface area (Å²) in [6.07, 6.45) is 10.5. The average Bonchev–Trinajstić information content (AvgIpc) is 3.69. The average molecular weight is 463 g/mol. The highest BCUT2D eigenvalue weighted by Gasteiger charge is 2.80. The predicted octanol–water partition coefficient (Wildman–Crippen LogP) is 4.34. The van der Waals surface area contributed by atoms with Gasteiger partial charge in [-0.2, -0.15) is 0 Å². The van der Waals surface area contributed by atoms with Crippen LogP contribution in [-0.2, 0) is 11.2 Å². The van der Waals surface area contributed by atoms with Gasteiger partial charge < -0.3 is 25.8 Å². The number of urea groups is 1. The molecule has 3 aliphatic carbocycles. The lowest BCUT2D eigenvalue weighted by Gasteiger charge is -2.21. The van der Waals surface area contributed by atoms with Crippen molar-refractivity contribution < 1.29 is 19.4 Å². The molecule has 2 heterocycles. The summed E-state index contributed by atoms with van der Waals surface area (Å²) in [5.74, 6) is 2.44. The number of rotatable bonds is 5. The molecular formula is C26H30N4O4. The van der Waals surface area contributed by atoms with E-state index in [0.717, 1.165) is 30.4 Å². The minimum atomic E-state index is -0.245. The third-order valence-corrected chi connectivity index (χ3v) is 7.88. The van der Waals surface area contributed by atoms with Gasteiger partial charge in [-0.05, 0) is 55.9 Å². The molecular weight excluding hydrogens is 432 g/mol. The summed E-state index contributed by atoms with van der Waals surface area (Å²) in [6.45, 7) is 0. The summed E-state index contributed by atoms with van der Waals surface area (Å²) in [5.41, 5.74) is 1.43. The molecule has 3 fully saturated rings. The molecule has 0 bridgehead atoms. The molecule has 8 heteroatoms. The topological polar surface area (TPSA) is 113 Å². The van der Waals surface area contributed by atoms with Gasteiger partial charge in [-0.25, -0.2) is 9.78 Å². The van der Waals surface area contributed by atoms with Crippen molar-refractivity contribution in [3.63, 3.8) is 0 Å². The standard InChI is InChI=1S/C26H30N4O4/c31-20-9-7-16(34-21-11-12-27-24-17(21)8-10-22(32)29-24)13-18(20)23-19-14-26(19,23)30-25(33)28-15-5-3-1-2-4-6-15/h7,9,11-13,15,19,23,31H,1-6,8,10,14H2,(H,27,29,32)(H2,28,30,33)/t19-,23+,26-/m0/s1. The van der Waals surface area contributed by atoms with Crippen molar-refractivity contribution in [3.05, 3.63) is 41.6 Å². The number of anilines is 1. The molecule has 0 radical (unpaired) electrons. The maximum Gasteiger partial charge on any atom is 0.315 e. The van der Waals surface area contributed by atoms with E-state index in [1.165, 1.54) is 25.7 Å². The molecule has 4 aliphatic rings. The largest absolute Gasteiger partial charge is 0.508 e. The number of hydrogen-bond donors (Lipinski definition) is 4. The zero-order chi connectivity index (χ0) is 23.3. The second kappa shape index (κ2) is 8.18. The first-order valence-electron chi connectivity index (χ1n) is 12.4. The molecule has 0 unspecified atom stereocenters. The van der Waals surface area contributed by atoms with E-state index in [9.17, 15) is 14.7 Å². The van der Waals surface area contributed by atoms with E-state index in [0.29, 0.717) is 36.1 Å². The number of aromatic hydroxyl groups is 1. The molecule has 34 heavy (non-hydrogen) atoms. The molecule has 6 rings (SSSR count). The van der Waals surface area contributed by atoms with Crippen molar-refractivity contribution in [2.45, 2.75) is 75.3 Å². The summed E-state index contributed by atoms with van der Waals surface area (Å²) < 4.78 is 6.16. The molecule has 1 aliphatic heterocycles. The maximum atomic E-state index is 12.7. The Labute approximate surface area is 198 Å². The first-order chi connectivity index (χ1) is 16.5. The number of nitrogens with zero attached hydrogens (tertiary/aromatic N) is 1. The Morgan fingerprint density at radius 3 is 2.76 bits per heavy atom. The van der Waals surface area contributed by atoms with Crippen LogP contribution in [0.4, 0.5) is 10.6 Å². The van der Waals surface area contributed by atoms with E-state index in [1.54, 1.807) is 24.4 Å². The lowest BCUT2D eigenvalue weighted by Crippen LogP contribution is -2.45. The van der Waals surface area contributed by atoms with Crippen LogP contribution in [0, 0.1) is 5.92 Å². The minimum Gasteiger partial charge on any atom is -0.508 e. The van der Waals surface area contributed by atoms with Crippen LogP contribution < -0.4 is 20.7 Å². The Kier molecular flexibility index (Phi) is 5.12. The molecule has 3 amide bonds. The van der Waals surface area contributed by atoms with Gasteiger partial charge >= 0.3 is 6.03 Å². The van der Waals surface area contributed by atoms with Crippen LogP contribution >= 0.6 is 0 Å². The summed E-state index contributed by atoms with van der Waals surface area (Å²) in [5, 5.41) is 19.7. The maximum absolute atomic E-state index is 12.7. The van der Waals surface area contributed by atoms with E-state index < -0.39 is 0 Å². The van der Waals surface area contributed by atoms with Crippen molar-refractivity contribution >= 4 is 17.8 Å². The van der Waals surface area contributed by atoms with E-state index in [2.05, 4.69) is 20.9 Å². The molecule has 3 atom stereocenters. The second-order valence-electron chi connectivity index (χ2n) is 10.1. The van der Waals surface area contributed by atoms with Crippen LogP contribution in [-0.4, -0.2) is 33.6 Å². The second-order valence-corrected chi connectivity index (χ2v) is 10.1. The first-order valence-corrected chi connectivity index (χ1v) is 12.4. The summed E-state index contributed by atoms with van der Waals surface area (Å²) in [7, 11) is 0. The molecule has 0 spiro atoms. The van der Waals surface area contributed by atoms with E-state index >= 15 is 0 Å². The fourth-order valence-corrected chi connectivity index (χ4v) is 5.80. The third-order valence-electron chi connectivity index (χ3n) is 7.88. The van der Waals surface area contributed by atoms with Gasteiger partial charge in [0.15, 0.2) is 0 Å². The lowest BCUT2D eigenvalue weighted by atomic mass is 9.99. The molecule has 4 N–H and O–H groups in total. The minimum absolute atomic E-state index is 0.0436. The summed E-state index contributed by atoms with van der Waals surface area (Å²) in [6, 6.07) is 7.21. The Balaban J connectivity index is 1.14. The Morgan fingerprint density at radius 1 is 1.15 bits per heavy atom. The normalized spacial score (nSPS) is 27.5. The van der Waals surface area contributed by atoms with Crippen LogP contribution in [0.3, 0.4) is 0 Å². The molecule has 2 aromatic rings. The van der Waals surface area contributed by atoms with Gasteiger partial charge in [0, 0.05) is 35.7 Å². The van der Waals surface area contributed by atoms with Gasteiger partial charge in [-0.1, -0.05) is 25.7 Å². The lowest BCUT2D eigenvalue weighted by molar-refractivity contribution is -0.116. The predicted molar refractivity (Wildman–Crippen MR) is 126 cm³/mol. The van der Waals surface area contributed by atoms with Gasteiger partial charge in [0.2, 0.25) is 5.91 Å². The Morgan fingerprint density at radius 2 is 1.97 bits per heavy atom. The summed E-state index contributed by atoms with van der Waals surface area (Å²) in [4.78, 5) is 28.6. The number of hydrogen-bond acceptors (Lipinski definition) is 5. The zero-order valence-corrected chi connectivity index (χ0v) is 19.1. The van der Waals surface area contributed by atoms with Crippen LogP contribution in [0.1, 0.15) is 68.4 Å². The van der Waals surface area contributed by atoms with Gasteiger partial charge in [-0.3, -0.25) is 4.79 Å². The number of phenolic OH excluding ortho intramolecular Hbond substituents is 1. The molecule has 1 aromatic carbocycles. The van der Waals surface area contributed by atoms with Crippen molar-refractivity contribution in [2.75, 3.05) is 5.32 Å².